The van der Waals surface area contributed by atoms with Crippen molar-refractivity contribution >= 4 is 36.5 Å². The van der Waals surface area contributed by atoms with Crippen LogP contribution in [0.3, 0.4) is 0 Å². The molecular weight excluding hydrogens is 454 g/mol. The Balaban J connectivity index is 0.000000941. The number of carbonyl (C=O) groups excluding carboxylic acids is 1. The molecule has 0 saturated heterocycles. The number of nitrogens with two attached hydrogens (primary N) is 1. The Hall–Kier alpha value is -2.77. The van der Waals surface area contributed by atoms with Gasteiger partial charge in [-0.1, -0.05) is 0 Å². The standard InChI is InChI=1S/C19H16F3NO2Se.CH2O2/c1-2-4-11-5-3-6-12(9-11)16-14-10-13(25-19(20,21)22)7-8-15(14)26-17(16)18(23)24;2-1-3/h3,5-10H,2,4H2,1H3,(H2,23,24);1H,(H,2,3). The summed E-state index contributed by atoms with van der Waals surface area (Å²) in [4.78, 5) is 20.3. The third kappa shape index (κ3) is 5.85. The van der Waals surface area contributed by atoms with Crippen molar-refractivity contribution in [3.05, 3.63) is 52.5 Å². The van der Waals surface area contributed by atoms with Crippen LogP contribution in [-0.4, -0.2) is 38.4 Å². The maximum Gasteiger partial charge on any atom is 0.290 e. The first-order valence-corrected chi connectivity index (χ1v) is 10.2. The molecule has 2 aromatic carbocycles. The summed E-state index contributed by atoms with van der Waals surface area (Å²) in [5.74, 6) is -0.852. The Morgan fingerprint density at radius 3 is 2.52 bits per heavy atom. The average molecular weight is 472 g/mol. The van der Waals surface area contributed by atoms with Crippen molar-refractivity contribution in [1.29, 1.82) is 0 Å². The maximum absolute atomic E-state index is 12.6. The van der Waals surface area contributed by atoms with E-state index in [4.69, 9.17) is 15.6 Å². The SMILES string of the molecule is CCCc1cccc(-c2c(C(N)=O)[se]c3ccc(OC(F)(F)F)cc23)c1.O=CO. The minimum absolute atomic E-state index is 0.250. The quantitative estimate of drug-likeness (QED) is 0.430. The second kappa shape index (κ2) is 9.62. The smallest absolute Gasteiger partial charge is 0.290 e. The molecule has 0 atom stereocenters. The summed E-state index contributed by atoms with van der Waals surface area (Å²) >= 11 is -0.353. The zero-order valence-electron chi connectivity index (χ0n) is 15.3. The molecule has 154 valence electrons. The van der Waals surface area contributed by atoms with Crippen LogP contribution in [0.4, 0.5) is 13.2 Å². The predicted molar refractivity (Wildman–Crippen MR) is 104 cm³/mol. The van der Waals surface area contributed by atoms with E-state index in [0.29, 0.717) is 15.4 Å². The van der Waals surface area contributed by atoms with Crippen molar-refractivity contribution in [3.8, 4) is 16.9 Å². The van der Waals surface area contributed by atoms with Gasteiger partial charge in [0.1, 0.15) is 0 Å². The maximum atomic E-state index is 12.6. The normalized spacial score (nSPS) is 10.9. The Labute approximate surface area is 170 Å². The second-order valence-corrected chi connectivity index (χ2v) is 8.14. The molecule has 1 amide bonds. The molecule has 1 aromatic heterocycles. The van der Waals surface area contributed by atoms with E-state index >= 15 is 0 Å². The number of amides is 1. The Kier molecular flexibility index (Phi) is 7.47. The van der Waals surface area contributed by atoms with Crippen LogP contribution >= 0.6 is 0 Å². The van der Waals surface area contributed by atoms with Crippen LogP contribution in [0.15, 0.2) is 42.5 Å². The molecule has 0 unspecified atom stereocenters. The number of rotatable bonds is 5. The first-order valence-electron chi connectivity index (χ1n) is 8.49. The van der Waals surface area contributed by atoms with Gasteiger partial charge in [0.2, 0.25) is 0 Å². The van der Waals surface area contributed by atoms with Gasteiger partial charge >= 0.3 is 154 Å². The van der Waals surface area contributed by atoms with Crippen molar-refractivity contribution < 1.29 is 32.6 Å². The van der Waals surface area contributed by atoms with Gasteiger partial charge in [-0.05, 0) is 0 Å². The van der Waals surface area contributed by atoms with E-state index in [1.807, 2.05) is 24.3 Å². The third-order valence-corrected chi connectivity index (χ3v) is 6.36. The van der Waals surface area contributed by atoms with Gasteiger partial charge in [-0.25, -0.2) is 0 Å². The number of primary amides is 1. The Bertz CT molecular complexity index is 1010. The number of benzene rings is 2. The number of alkyl halides is 3. The first kappa shape index (κ1) is 22.5. The molecule has 0 bridgehead atoms. The largest absolute Gasteiger partial charge is 0.483 e. The molecule has 3 rings (SSSR count). The summed E-state index contributed by atoms with van der Waals surface area (Å²) in [6.07, 6.45) is -2.92. The molecule has 1 heterocycles. The molecule has 0 fully saturated rings. The number of aryl methyl sites for hydroxylation is 1. The van der Waals surface area contributed by atoms with E-state index in [9.17, 15) is 18.0 Å². The van der Waals surface area contributed by atoms with E-state index in [2.05, 4.69) is 11.7 Å². The molecule has 0 saturated carbocycles. The van der Waals surface area contributed by atoms with Gasteiger partial charge in [-0.15, -0.1) is 0 Å². The fourth-order valence-corrected chi connectivity index (χ4v) is 5.12. The number of carboxylic acid groups (broad SMARTS) is 1. The van der Waals surface area contributed by atoms with Crippen LogP contribution < -0.4 is 10.5 Å². The van der Waals surface area contributed by atoms with Gasteiger partial charge in [0.15, 0.2) is 0 Å². The van der Waals surface area contributed by atoms with Crippen molar-refractivity contribution in [3.63, 3.8) is 0 Å². The number of ether oxygens (including phenoxy) is 1. The molecule has 0 spiro atoms. The average Bonchev–Trinajstić information content (AvgIpc) is 3.00. The van der Waals surface area contributed by atoms with Gasteiger partial charge in [0, 0.05) is 0 Å². The molecule has 5 nitrogen and oxygen atoms in total. The molecule has 0 radical (unpaired) electrons. The molecular formula is C20H18F3NO4Se. The fourth-order valence-electron chi connectivity index (χ4n) is 2.90. The summed E-state index contributed by atoms with van der Waals surface area (Å²) in [6, 6.07) is 11.9. The summed E-state index contributed by atoms with van der Waals surface area (Å²) in [5, 5.41) is 7.47. The van der Waals surface area contributed by atoms with Crippen LogP contribution in [0.1, 0.15) is 28.1 Å². The number of halogens is 3. The zero-order valence-corrected chi connectivity index (χ0v) is 17.0. The van der Waals surface area contributed by atoms with Crippen molar-refractivity contribution in [2.75, 3.05) is 0 Å². The molecule has 3 N–H and O–H groups in total. The van der Waals surface area contributed by atoms with Crippen LogP contribution in [-0.2, 0) is 11.2 Å². The minimum Gasteiger partial charge on any atom is -0.483 e. The fraction of sp³-hybridized carbons (Fsp3) is 0.200. The summed E-state index contributed by atoms with van der Waals surface area (Å²) in [7, 11) is 0. The van der Waals surface area contributed by atoms with Gasteiger partial charge in [-0.3, -0.25) is 4.79 Å². The van der Waals surface area contributed by atoms with E-state index < -0.39 is 12.3 Å². The van der Waals surface area contributed by atoms with Crippen molar-refractivity contribution in [2.24, 2.45) is 5.73 Å². The van der Waals surface area contributed by atoms with Crippen LogP contribution in [0.25, 0.3) is 20.8 Å². The number of fused-ring (bicyclic) bond motifs is 1. The van der Waals surface area contributed by atoms with Crippen LogP contribution in [0, 0.1) is 0 Å². The first-order chi connectivity index (χ1) is 13.7. The number of hydrogen-bond donors (Lipinski definition) is 2. The monoisotopic (exact) mass is 473 g/mol. The molecule has 3 aromatic rings. The van der Waals surface area contributed by atoms with Gasteiger partial charge < -0.3 is 5.11 Å². The van der Waals surface area contributed by atoms with Crippen molar-refractivity contribution in [2.45, 2.75) is 26.1 Å². The molecule has 29 heavy (non-hydrogen) atoms. The third-order valence-electron chi connectivity index (χ3n) is 3.87. The molecule has 0 aliphatic carbocycles. The van der Waals surface area contributed by atoms with Crippen LogP contribution in [0.2, 0.25) is 0 Å². The predicted octanol–water partition coefficient (Wildman–Crippen LogP) is 4.21. The van der Waals surface area contributed by atoms with Gasteiger partial charge in [0.05, 0.1) is 0 Å². The topological polar surface area (TPSA) is 89.6 Å². The molecule has 0 aliphatic heterocycles. The zero-order chi connectivity index (χ0) is 21.6. The van der Waals surface area contributed by atoms with E-state index in [0.717, 1.165) is 28.2 Å². The van der Waals surface area contributed by atoms with Crippen LogP contribution in [0.5, 0.6) is 5.75 Å². The van der Waals surface area contributed by atoms with Gasteiger partial charge in [0.25, 0.3) is 6.47 Å². The van der Waals surface area contributed by atoms with E-state index in [1.54, 1.807) is 6.07 Å². The number of hydrogen-bond acceptors (Lipinski definition) is 3. The second-order valence-electron chi connectivity index (χ2n) is 5.93. The Morgan fingerprint density at radius 1 is 1.24 bits per heavy atom. The summed E-state index contributed by atoms with van der Waals surface area (Å²) < 4.78 is 43.0. The molecule has 9 heteroatoms. The molecule has 0 aliphatic rings. The summed E-state index contributed by atoms with van der Waals surface area (Å²) in [5.41, 5.74) is 8.05. The number of carbonyl (C=O) groups is 2. The van der Waals surface area contributed by atoms with E-state index in [-0.39, 0.29) is 26.7 Å². The van der Waals surface area contributed by atoms with Gasteiger partial charge in [-0.2, -0.15) is 0 Å². The Morgan fingerprint density at radius 2 is 1.93 bits per heavy atom. The summed E-state index contributed by atoms with van der Waals surface area (Å²) in [6.45, 7) is 1.81. The van der Waals surface area contributed by atoms with Crippen molar-refractivity contribution in [1.82, 2.24) is 0 Å². The van der Waals surface area contributed by atoms with E-state index in [1.165, 1.54) is 12.1 Å². The minimum atomic E-state index is -4.77.